The van der Waals surface area contributed by atoms with E-state index in [-0.39, 0.29) is 4.47 Å². The molecule has 0 amide bonds. The summed E-state index contributed by atoms with van der Waals surface area (Å²) in [6.07, 6.45) is -1.62. The summed E-state index contributed by atoms with van der Waals surface area (Å²) in [4.78, 5) is 16.8. The highest BCUT2D eigenvalue weighted by Gasteiger charge is 2.29. The van der Waals surface area contributed by atoms with E-state index in [0.29, 0.717) is 16.9 Å². The number of alkyl halides is 3. The summed E-state index contributed by atoms with van der Waals surface area (Å²) in [5.41, 5.74) is -0.498. The SMILES string of the molecule is Cc1ncc(CNc2cnn(CC(F)(F)F)c(=O)c2Br)s1. The molecule has 10 heteroatoms. The first kappa shape index (κ1) is 16.0. The second kappa shape index (κ2) is 6.14. The third kappa shape index (κ3) is 4.27. The summed E-state index contributed by atoms with van der Waals surface area (Å²) in [5, 5.41) is 7.37. The number of aryl methyl sites for hydroxylation is 1. The molecule has 0 saturated carbocycles. The lowest BCUT2D eigenvalue weighted by atomic mass is 10.4. The Morgan fingerprint density at radius 2 is 2.14 bits per heavy atom. The van der Waals surface area contributed by atoms with Crippen LogP contribution in [-0.4, -0.2) is 20.9 Å². The van der Waals surface area contributed by atoms with Crippen molar-refractivity contribution in [1.82, 2.24) is 14.8 Å². The topological polar surface area (TPSA) is 59.8 Å². The van der Waals surface area contributed by atoms with E-state index in [9.17, 15) is 18.0 Å². The van der Waals surface area contributed by atoms with Crippen LogP contribution in [0.4, 0.5) is 18.9 Å². The lowest BCUT2D eigenvalue weighted by molar-refractivity contribution is -0.143. The van der Waals surface area contributed by atoms with Gasteiger partial charge in [-0.3, -0.25) is 4.79 Å². The zero-order chi connectivity index (χ0) is 15.6. The smallest absolute Gasteiger partial charge is 0.378 e. The maximum atomic E-state index is 12.3. The van der Waals surface area contributed by atoms with Crippen LogP contribution in [0.3, 0.4) is 0 Å². The van der Waals surface area contributed by atoms with Gasteiger partial charge in [0.05, 0.1) is 23.4 Å². The Balaban J connectivity index is 2.15. The number of thiazole rings is 1. The van der Waals surface area contributed by atoms with Gasteiger partial charge >= 0.3 is 6.18 Å². The number of nitrogens with one attached hydrogen (secondary N) is 1. The van der Waals surface area contributed by atoms with Crippen LogP contribution in [0.5, 0.6) is 0 Å². The molecule has 2 rings (SSSR count). The van der Waals surface area contributed by atoms with Crippen LogP contribution in [-0.2, 0) is 13.1 Å². The van der Waals surface area contributed by atoms with Crippen LogP contribution in [0.15, 0.2) is 21.7 Å². The quantitative estimate of drug-likeness (QED) is 0.882. The maximum Gasteiger partial charge on any atom is 0.408 e. The van der Waals surface area contributed by atoms with E-state index in [2.05, 4.69) is 31.3 Å². The summed E-state index contributed by atoms with van der Waals surface area (Å²) in [6.45, 7) is 0.858. The highest BCUT2D eigenvalue weighted by atomic mass is 79.9. The molecule has 2 aromatic rings. The van der Waals surface area contributed by atoms with Crippen molar-refractivity contribution in [2.45, 2.75) is 26.2 Å². The number of nitrogens with zero attached hydrogens (tertiary/aromatic N) is 3. The molecule has 0 aliphatic rings. The second-order valence-corrected chi connectivity index (χ2v) is 6.26. The van der Waals surface area contributed by atoms with Gasteiger partial charge in [0, 0.05) is 11.1 Å². The van der Waals surface area contributed by atoms with Crippen molar-refractivity contribution in [3.8, 4) is 0 Å². The average molecular weight is 383 g/mol. The Morgan fingerprint density at radius 3 is 2.71 bits per heavy atom. The van der Waals surface area contributed by atoms with E-state index in [0.717, 1.165) is 9.88 Å². The monoisotopic (exact) mass is 382 g/mol. The first-order valence-corrected chi connectivity index (χ1v) is 7.35. The summed E-state index contributed by atoms with van der Waals surface area (Å²) >= 11 is 4.49. The van der Waals surface area contributed by atoms with E-state index in [4.69, 9.17) is 0 Å². The van der Waals surface area contributed by atoms with Crippen molar-refractivity contribution < 1.29 is 13.2 Å². The maximum absolute atomic E-state index is 12.3. The fourth-order valence-electron chi connectivity index (χ4n) is 1.54. The van der Waals surface area contributed by atoms with E-state index >= 15 is 0 Å². The lowest BCUT2D eigenvalue weighted by Crippen LogP contribution is -2.31. The molecule has 0 bridgehead atoms. The van der Waals surface area contributed by atoms with Crippen molar-refractivity contribution in [2.75, 3.05) is 5.32 Å². The minimum Gasteiger partial charge on any atom is -0.378 e. The van der Waals surface area contributed by atoms with Crippen LogP contribution in [0.25, 0.3) is 0 Å². The molecular weight excluding hydrogens is 373 g/mol. The normalized spacial score (nSPS) is 11.7. The van der Waals surface area contributed by atoms with E-state index < -0.39 is 18.3 Å². The summed E-state index contributed by atoms with van der Waals surface area (Å²) in [5.74, 6) is 0. The summed E-state index contributed by atoms with van der Waals surface area (Å²) in [6, 6.07) is 0. The molecule has 0 aliphatic heterocycles. The van der Waals surface area contributed by atoms with Crippen LogP contribution in [0.2, 0.25) is 0 Å². The highest BCUT2D eigenvalue weighted by Crippen LogP contribution is 2.21. The van der Waals surface area contributed by atoms with Crippen LogP contribution in [0, 0.1) is 6.92 Å². The largest absolute Gasteiger partial charge is 0.408 e. The first-order chi connectivity index (χ1) is 9.76. The number of hydrogen-bond acceptors (Lipinski definition) is 5. The number of aromatic nitrogens is 3. The predicted molar refractivity (Wildman–Crippen MR) is 76.4 cm³/mol. The number of anilines is 1. The second-order valence-electron chi connectivity index (χ2n) is 4.15. The minimum absolute atomic E-state index is 0.0167. The van der Waals surface area contributed by atoms with Crippen molar-refractivity contribution in [1.29, 1.82) is 0 Å². The van der Waals surface area contributed by atoms with Gasteiger partial charge in [0.25, 0.3) is 5.56 Å². The minimum atomic E-state index is -4.49. The molecule has 0 fully saturated rings. The van der Waals surface area contributed by atoms with Gasteiger partial charge in [0.1, 0.15) is 11.0 Å². The molecular formula is C11H10BrF3N4OS. The highest BCUT2D eigenvalue weighted by molar-refractivity contribution is 9.10. The van der Waals surface area contributed by atoms with Crippen molar-refractivity contribution in [3.63, 3.8) is 0 Å². The predicted octanol–water partition coefficient (Wildman–Crippen LogP) is 2.95. The van der Waals surface area contributed by atoms with Gasteiger partial charge in [0.2, 0.25) is 0 Å². The molecule has 0 unspecified atom stereocenters. The third-order valence-corrected chi connectivity index (χ3v) is 4.12. The number of rotatable bonds is 4. The fourth-order valence-corrected chi connectivity index (χ4v) is 2.72. The van der Waals surface area contributed by atoms with Gasteiger partial charge in [-0.2, -0.15) is 18.3 Å². The van der Waals surface area contributed by atoms with Crippen LogP contribution in [0.1, 0.15) is 9.88 Å². The lowest BCUT2D eigenvalue weighted by Gasteiger charge is -2.11. The Bertz CT molecular complexity index is 698. The number of halogens is 4. The van der Waals surface area contributed by atoms with Crippen molar-refractivity contribution in [2.24, 2.45) is 0 Å². The molecule has 2 aromatic heterocycles. The van der Waals surface area contributed by atoms with Gasteiger partial charge < -0.3 is 5.32 Å². The molecule has 114 valence electrons. The molecule has 0 saturated heterocycles. The van der Waals surface area contributed by atoms with Gasteiger partial charge in [-0.25, -0.2) is 9.67 Å². The van der Waals surface area contributed by atoms with Crippen LogP contribution < -0.4 is 10.9 Å². The van der Waals surface area contributed by atoms with Gasteiger partial charge in [0.15, 0.2) is 0 Å². The molecule has 2 heterocycles. The van der Waals surface area contributed by atoms with Crippen molar-refractivity contribution in [3.05, 3.63) is 37.1 Å². The Labute approximate surface area is 130 Å². The molecule has 0 aliphatic carbocycles. The van der Waals surface area contributed by atoms with Crippen LogP contribution >= 0.6 is 27.3 Å². The Kier molecular flexibility index (Phi) is 4.67. The zero-order valence-corrected chi connectivity index (χ0v) is 13.1. The van der Waals surface area contributed by atoms with E-state index in [1.54, 1.807) is 6.20 Å². The van der Waals surface area contributed by atoms with Gasteiger partial charge in [-0.1, -0.05) is 0 Å². The summed E-state index contributed by atoms with van der Waals surface area (Å²) < 4.78 is 37.3. The van der Waals surface area contributed by atoms with Gasteiger partial charge in [-0.15, -0.1) is 11.3 Å². The molecule has 0 radical (unpaired) electrons. The molecule has 5 nitrogen and oxygen atoms in total. The first-order valence-electron chi connectivity index (χ1n) is 5.74. The van der Waals surface area contributed by atoms with Gasteiger partial charge in [-0.05, 0) is 22.9 Å². The standard InChI is InChI=1S/C11H10BrF3N4OS/c1-6-16-2-7(21-6)3-17-8-4-18-19(5-11(13,14)15)10(20)9(8)12/h2,4,17H,3,5H2,1H3. The average Bonchev–Trinajstić information content (AvgIpc) is 2.79. The third-order valence-electron chi connectivity index (χ3n) is 2.44. The summed E-state index contributed by atoms with van der Waals surface area (Å²) in [7, 11) is 0. The van der Waals surface area contributed by atoms with E-state index in [1.807, 2.05) is 6.92 Å². The molecule has 1 N–H and O–H groups in total. The molecule has 0 aromatic carbocycles. The molecule has 0 atom stereocenters. The van der Waals surface area contributed by atoms with E-state index in [1.165, 1.54) is 17.5 Å². The Hall–Kier alpha value is -1.42. The zero-order valence-electron chi connectivity index (χ0n) is 10.7. The number of hydrogen-bond donors (Lipinski definition) is 1. The molecule has 21 heavy (non-hydrogen) atoms. The fraction of sp³-hybridized carbons (Fsp3) is 0.364. The Morgan fingerprint density at radius 1 is 1.43 bits per heavy atom. The van der Waals surface area contributed by atoms with Crippen molar-refractivity contribution >= 4 is 33.0 Å². The molecule has 0 spiro atoms.